The molecule has 0 aromatic carbocycles. The van der Waals surface area contributed by atoms with Crippen LogP contribution in [0.4, 0.5) is 5.00 Å². The van der Waals surface area contributed by atoms with Gasteiger partial charge in [0.25, 0.3) is 5.91 Å². The number of hydrogen-bond donors (Lipinski definition) is 2. The molecule has 6 nitrogen and oxygen atoms in total. The van der Waals surface area contributed by atoms with Gasteiger partial charge in [0.15, 0.2) is 0 Å². The molecule has 0 unspecified atom stereocenters. The lowest BCUT2D eigenvalue weighted by molar-refractivity contribution is -0.141. The average molecular weight is 394 g/mol. The SMILES string of the molecule is CCC(CC)C(=O)N(CC(=O)Nc1sc(C)c(C)c1C(N)=O)C1CCCC1. The van der Waals surface area contributed by atoms with Crippen LogP contribution in [-0.2, 0) is 9.59 Å². The van der Waals surface area contributed by atoms with E-state index in [4.69, 9.17) is 5.73 Å². The molecule has 1 aliphatic rings. The van der Waals surface area contributed by atoms with Crippen LogP contribution < -0.4 is 11.1 Å². The van der Waals surface area contributed by atoms with Crippen LogP contribution in [0.1, 0.15) is 73.2 Å². The van der Waals surface area contributed by atoms with Crippen molar-refractivity contribution in [1.29, 1.82) is 0 Å². The molecule has 2 rings (SSSR count). The Morgan fingerprint density at radius 1 is 1.19 bits per heavy atom. The van der Waals surface area contributed by atoms with Crippen molar-refractivity contribution in [2.45, 2.75) is 72.3 Å². The maximum absolute atomic E-state index is 13.0. The standard InChI is InChI=1S/C20H31N3O3S/c1-5-14(6-2)20(26)23(15-9-7-8-10-15)11-16(24)22-19-17(18(21)25)12(3)13(4)27-19/h14-15H,5-11H2,1-4H3,(H2,21,25)(H,22,24). The van der Waals surface area contributed by atoms with E-state index in [0.717, 1.165) is 49.0 Å². The number of hydrogen-bond acceptors (Lipinski definition) is 4. The summed E-state index contributed by atoms with van der Waals surface area (Å²) in [4.78, 5) is 40.2. The van der Waals surface area contributed by atoms with Gasteiger partial charge in [-0.1, -0.05) is 26.7 Å². The van der Waals surface area contributed by atoms with Crippen molar-refractivity contribution in [3.05, 3.63) is 16.0 Å². The molecule has 1 heterocycles. The van der Waals surface area contributed by atoms with E-state index >= 15 is 0 Å². The Hall–Kier alpha value is -1.89. The molecular formula is C20H31N3O3S. The molecule has 0 radical (unpaired) electrons. The highest BCUT2D eigenvalue weighted by Gasteiger charge is 2.31. The molecule has 1 aromatic rings. The number of nitrogens with two attached hydrogens (primary N) is 1. The maximum Gasteiger partial charge on any atom is 0.251 e. The fraction of sp³-hybridized carbons (Fsp3) is 0.650. The predicted octanol–water partition coefficient (Wildman–Crippen LogP) is 3.61. The van der Waals surface area contributed by atoms with Crippen LogP contribution in [0.3, 0.4) is 0 Å². The van der Waals surface area contributed by atoms with Crippen molar-refractivity contribution in [2.75, 3.05) is 11.9 Å². The molecule has 3 amide bonds. The zero-order chi connectivity index (χ0) is 20.1. The number of aryl methyl sites for hydroxylation is 1. The summed E-state index contributed by atoms with van der Waals surface area (Å²) in [5.41, 5.74) is 6.64. The van der Waals surface area contributed by atoms with Crippen LogP contribution in [-0.4, -0.2) is 35.2 Å². The first kappa shape index (κ1) is 21.4. The van der Waals surface area contributed by atoms with Gasteiger partial charge in [-0.2, -0.15) is 0 Å². The number of rotatable bonds is 8. The summed E-state index contributed by atoms with van der Waals surface area (Å²) < 4.78 is 0. The number of nitrogens with one attached hydrogen (secondary N) is 1. The van der Waals surface area contributed by atoms with Crippen molar-refractivity contribution < 1.29 is 14.4 Å². The van der Waals surface area contributed by atoms with Crippen LogP contribution in [0.25, 0.3) is 0 Å². The maximum atomic E-state index is 13.0. The highest BCUT2D eigenvalue weighted by molar-refractivity contribution is 7.16. The van der Waals surface area contributed by atoms with Gasteiger partial charge in [0, 0.05) is 16.8 Å². The Labute approximate surface area is 165 Å². The molecule has 150 valence electrons. The Morgan fingerprint density at radius 2 is 1.78 bits per heavy atom. The van der Waals surface area contributed by atoms with Gasteiger partial charge in [0.2, 0.25) is 11.8 Å². The molecule has 27 heavy (non-hydrogen) atoms. The van der Waals surface area contributed by atoms with Crippen molar-refractivity contribution in [3.63, 3.8) is 0 Å². The lowest BCUT2D eigenvalue weighted by Crippen LogP contribution is -2.46. The zero-order valence-corrected chi connectivity index (χ0v) is 17.6. The predicted molar refractivity (Wildman–Crippen MR) is 109 cm³/mol. The van der Waals surface area contributed by atoms with E-state index in [1.165, 1.54) is 11.3 Å². The van der Waals surface area contributed by atoms with Crippen LogP contribution in [0.15, 0.2) is 0 Å². The number of nitrogens with zero attached hydrogens (tertiary/aromatic N) is 1. The Balaban J connectivity index is 2.18. The molecular weight excluding hydrogens is 362 g/mol. The van der Waals surface area contributed by atoms with Gasteiger partial charge in [0.1, 0.15) is 11.5 Å². The molecule has 0 aliphatic heterocycles. The molecule has 7 heteroatoms. The fourth-order valence-electron chi connectivity index (χ4n) is 3.81. The van der Waals surface area contributed by atoms with Gasteiger partial charge in [-0.25, -0.2) is 0 Å². The van der Waals surface area contributed by atoms with Crippen LogP contribution in [0.2, 0.25) is 0 Å². The number of primary amides is 1. The van der Waals surface area contributed by atoms with Crippen molar-refractivity contribution >= 4 is 34.1 Å². The number of carbonyl (C=O) groups excluding carboxylic acids is 3. The first-order chi connectivity index (χ1) is 12.8. The lowest BCUT2D eigenvalue weighted by Gasteiger charge is -2.31. The highest BCUT2D eigenvalue weighted by Crippen LogP contribution is 2.32. The van der Waals surface area contributed by atoms with Gasteiger partial charge in [0.05, 0.1) is 5.56 Å². The van der Waals surface area contributed by atoms with Gasteiger partial charge >= 0.3 is 0 Å². The van der Waals surface area contributed by atoms with Gasteiger partial charge in [-0.3, -0.25) is 14.4 Å². The van der Waals surface area contributed by atoms with Crippen LogP contribution in [0.5, 0.6) is 0 Å². The Kier molecular flexibility index (Phi) is 7.41. The number of anilines is 1. The number of thiophene rings is 1. The van der Waals surface area contributed by atoms with E-state index in [1.54, 1.807) is 4.90 Å². The third-order valence-electron chi connectivity index (χ3n) is 5.58. The van der Waals surface area contributed by atoms with Crippen molar-refractivity contribution in [3.8, 4) is 0 Å². The fourth-order valence-corrected chi connectivity index (χ4v) is 4.89. The zero-order valence-electron chi connectivity index (χ0n) is 16.8. The molecule has 1 aliphatic carbocycles. The van der Waals surface area contributed by atoms with Gasteiger partial charge in [-0.15, -0.1) is 11.3 Å². The number of carbonyl (C=O) groups is 3. The second-order valence-electron chi connectivity index (χ2n) is 7.32. The van der Waals surface area contributed by atoms with E-state index in [-0.39, 0.29) is 30.3 Å². The topological polar surface area (TPSA) is 92.5 Å². The van der Waals surface area contributed by atoms with E-state index in [2.05, 4.69) is 5.32 Å². The van der Waals surface area contributed by atoms with Gasteiger partial charge < -0.3 is 16.0 Å². The Bertz CT molecular complexity index is 704. The minimum Gasteiger partial charge on any atom is -0.365 e. The summed E-state index contributed by atoms with van der Waals surface area (Å²) in [6, 6.07) is 0.131. The smallest absolute Gasteiger partial charge is 0.251 e. The van der Waals surface area contributed by atoms with Crippen LogP contribution >= 0.6 is 11.3 Å². The summed E-state index contributed by atoms with van der Waals surface area (Å²) in [7, 11) is 0. The van der Waals surface area contributed by atoms with Gasteiger partial charge in [-0.05, 0) is 45.1 Å². The van der Waals surface area contributed by atoms with Crippen LogP contribution in [0, 0.1) is 19.8 Å². The van der Waals surface area contributed by atoms with E-state index in [1.807, 2.05) is 27.7 Å². The van der Waals surface area contributed by atoms with E-state index in [0.29, 0.717) is 10.6 Å². The molecule has 0 saturated heterocycles. The second-order valence-corrected chi connectivity index (χ2v) is 8.54. The molecule has 3 N–H and O–H groups in total. The summed E-state index contributed by atoms with van der Waals surface area (Å²) in [5.74, 6) is -0.806. The van der Waals surface area contributed by atoms with E-state index in [9.17, 15) is 14.4 Å². The normalized spacial score (nSPS) is 14.6. The molecule has 0 bridgehead atoms. The summed E-state index contributed by atoms with van der Waals surface area (Å²) in [6.45, 7) is 7.76. The third-order valence-corrected chi connectivity index (χ3v) is 6.70. The minimum atomic E-state index is -0.548. The van der Waals surface area contributed by atoms with Crippen molar-refractivity contribution in [1.82, 2.24) is 4.90 Å². The second kappa shape index (κ2) is 9.35. The van der Waals surface area contributed by atoms with Crippen molar-refractivity contribution in [2.24, 2.45) is 11.7 Å². The molecule has 1 aromatic heterocycles. The highest BCUT2D eigenvalue weighted by atomic mass is 32.1. The first-order valence-corrected chi connectivity index (χ1v) is 10.6. The molecule has 1 saturated carbocycles. The summed E-state index contributed by atoms with van der Waals surface area (Å²) in [5, 5.41) is 3.30. The molecule has 1 fully saturated rings. The summed E-state index contributed by atoms with van der Waals surface area (Å²) in [6.07, 6.45) is 5.62. The molecule has 0 atom stereocenters. The summed E-state index contributed by atoms with van der Waals surface area (Å²) >= 11 is 1.34. The minimum absolute atomic E-state index is 0.0220. The van der Waals surface area contributed by atoms with E-state index < -0.39 is 5.91 Å². The monoisotopic (exact) mass is 393 g/mol. The molecule has 0 spiro atoms. The number of amides is 3. The quantitative estimate of drug-likeness (QED) is 0.706. The average Bonchev–Trinajstić information content (AvgIpc) is 3.22. The Morgan fingerprint density at radius 3 is 2.30 bits per heavy atom. The lowest BCUT2D eigenvalue weighted by atomic mass is 10.0. The third kappa shape index (κ3) is 4.89. The first-order valence-electron chi connectivity index (χ1n) is 9.80. The largest absolute Gasteiger partial charge is 0.365 e.